The van der Waals surface area contributed by atoms with E-state index in [1.165, 1.54) is 12.8 Å². The Hall–Kier alpha value is -1.47. The molecule has 1 saturated heterocycles. The van der Waals surface area contributed by atoms with Crippen LogP contribution in [-0.2, 0) is 16.1 Å². The zero-order valence-corrected chi connectivity index (χ0v) is 16.3. The predicted molar refractivity (Wildman–Crippen MR) is 108 cm³/mol. The summed E-state index contributed by atoms with van der Waals surface area (Å²) in [4.78, 5) is 14.8. The summed E-state index contributed by atoms with van der Waals surface area (Å²) in [6.45, 7) is 8.50. The Morgan fingerprint density at radius 2 is 1.52 bits per heavy atom. The van der Waals surface area contributed by atoms with E-state index in [-0.39, 0.29) is 11.5 Å². The second-order valence-corrected chi connectivity index (χ2v) is 7.61. The third-order valence-corrected chi connectivity index (χ3v) is 5.61. The number of esters is 1. The molecule has 27 heavy (non-hydrogen) atoms. The van der Waals surface area contributed by atoms with Crippen LogP contribution in [0.4, 0.5) is 0 Å². The maximum atomic E-state index is 12.2. The molecule has 150 valence electrons. The molecular weight excluding hydrogens is 340 g/mol. The molecule has 6 nitrogen and oxygen atoms in total. The van der Waals surface area contributed by atoms with Crippen LogP contribution in [0.2, 0.25) is 0 Å². The van der Waals surface area contributed by atoms with Gasteiger partial charge in [-0.1, -0.05) is 30.3 Å². The highest BCUT2D eigenvalue weighted by atomic mass is 16.5. The van der Waals surface area contributed by atoms with Crippen LogP contribution in [-0.4, -0.2) is 68.8 Å². The topological polar surface area (TPSA) is 65.6 Å². The molecule has 0 spiro atoms. The Balaban J connectivity index is 1.43. The monoisotopic (exact) mass is 374 g/mol. The van der Waals surface area contributed by atoms with Crippen molar-refractivity contribution in [2.24, 2.45) is 0 Å². The van der Waals surface area contributed by atoms with Crippen LogP contribution in [0.15, 0.2) is 30.3 Å². The van der Waals surface area contributed by atoms with E-state index in [2.05, 4.69) is 20.9 Å². The van der Waals surface area contributed by atoms with E-state index in [1.54, 1.807) is 0 Å². The van der Waals surface area contributed by atoms with Gasteiger partial charge in [-0.05, 0) is 24.8 Å². The molecule has 3 N–H and O–H groups in total. The summed E-state index contributed by atoms with van der Waals surface area (Å²) in [5.41, 5.74) is 1.25. The average Bonchev–Trinajstić information content (AvgIpc) is 3.47. The molecule has 0 aromatic heterocycles. The third kappa shape index (κ3) is 6.88. The first kappa shape index (κ1) is 20.3. The molecule has 0 radical (unpaired) electrons. The van der Waals surface area contributed by atoms with E-state index in [0.29, 0.717) is 13.0 Å². The quantitative estimate of drug-likeness (QED) is 0.649. The van der Waals surface area contributed by atoms with Gasteiger partial charge in [0.05, 0.1) is 0 Å². The minimum absolute atomic E-state index is 0.0817. The van der Waals surface area contributed by atoms with Crippen LogP contribution >= 0.6 is 0 Å². The SMILES string of the molecule is O=C(CCC1(N2CCNCCNCCNCC2)CC1)OCc1ccccc1. The first-order chi connectivity index (χ1) is 13.3. The average molecular weight is 375 g/mol. The van der Waals surface area contributed by atoms with Gasteiger partial charge in [-0.2, -0.15) is 0 Å². The molecule has 0 bridgehead atoms. The van der Waals surface area contributed by atoms with Crippen LogP contribution in [0, 0.1) is 0 Å². The van der Waals surface area contributed by atoms with E-state index in [9.17, 15) is 4.79 Å². The van der Waals surface area contributed by atoms with Gasteiger partial charge in [0.2, 0.25) is 0 Å². The summed E-state index contributed by atoms with van der Waals surface area (Å²) in [5.74, 6) is -0.0817. The number of nitrogens with zero attached hydrogens (tertiary/aromatic N) is 1. The Bertz CT molecular complexity index is 551. The number of ether oxygens (including phenoxy) is 1. The van der Waals surface area contributed by atoms with Crippen molar-refractivity contribution in [1.82, 2.24) is 20.9 Å². The Kier molecular flexibility index (Phi) is 8.08. The van der Waals surface area contributed by atoms with Crippen molar-refractivity contribution in [3.8, 4) is 0 Å². The zero-order valence-electron chi connectivity index (χ0n) is 16.3. The number of rotatable bonds is 6. The molecule has 1 saturated carbocycles. The smallest absolute Gasteiger partial charge is 0.306 e. The van der Waals surface area contributed by atoms with E-state index < -0.39 is 0 Å². The number of benzene rings is 1. The maximum absolute atomic E-state index is 12.2. The maximum Gasteiger partial charge on any atom is 0.306 e. The van der Waals surface area contributed by atoms with Gasteiger partial charge in [0.25, 0.3) is 0 Å². The van der Waals surface area contributed by atoms with Gasteiger partial charge in [0, 0.05) is 64.3 Å². The summed E-state index contributed by atoms with van der Waals surface area (Å²) in [5, 5.41) is 10.5. The highest BCUT2D eigenvalue weighted by Crippen LogP contribution is 2.45. The van der Waals surface area contributed by atoms with Crippen molar-refractivity contribution in [2.45, 2.75) is 37.8 Å². The lowest BCUT2D eigenvalue weighted by atomic mass is 10.1. The van der Waals surface area contributed by atoms with E-state index in [1.807, 2.05) is 30.3 Å². The number of hydrogen-bond acceptors (Lipinski definition) is 6. The van der Waals surface area contributed by atoms with Crippen LogP contribution in [0.3, 0.4) is 0 Å². The number of carbonyl (C=O) groups is 1. The van der Waals surface area contributed by atoms with Gasteiger partial charge in [-0.3, -0.25) is 9.69 Å². The summed E-state index contributed by atoms with van der Waals surface area (Å²) in [7, 11) is 0. The molecule has 1 aliphatic carbocycles. The predicted octanol–water partition coefficient (Wildman–Crippen LogP) is 1.13. The Morgan fingerprint density at radius 3 is 2.11 bits per heavy atom. The molecule has 2 aliphatic rings. The van der Waals surface area contributed by atoms with Crippen molar-refractivity contribution in [1.29, 1.82) is 0 Å². The molecule has 1 aromatic rings. The first-order valence-electron chi connectivity index (χ1n) is 10.4. The van der Waals surface area contributed by atoms with Crippen molar-refractivity contribution in [3.05, 3.63) is 35.9 Å². The fourth-order valence-electron chi connectivity index (χ4n) is 3.76. The number of nitrogens with one attached hydrogen (secondary N) is 3. The molecule has 0 amide bonds. The zero-order chi connectivity index (χ0) is 18.8. The van der Waals surface area contributed by atoms with Gasteiger partial charge in [-0.15, -0.1) is 0 Å². The lowest BCUT2D eigenvalue weighted by Crippen LogP contribution is -2.47. The Labute approximate surface area is 163 Å². The molecule has 1 heterocycles. The normalized spacial score (nSPS) is 21.6. The van der Waals surface area contributed by atoms with Gasteiger partial charge in [0.15, 0.2) is 0 Å². The summed E-state index contributed by atoms with van der Waals surface area (Å²) in [6.07, 6.45) is 3.80. The van der Waals surface area contributed by atoms with Crippen LogP contribution in [0.25, 0.3) is 0 Å². The highest BCUT2D eigenvalue weighted by molar-refractivity contribution is 5.69. The fraction of sp³-hybridized carbons (Fsp3) is 0.667. The van der Waals surface area contributed by atoms with E-state index in [4.69, 9.17) is 4.74 Å². The van der Waals surface area contributed by atoms with Gasteiger partial charge < -0.3 is 20.7 Å². The second-order valence-electron chi connectivity index (χ2n) is 7.61. The fourth-order valence-corrected chi connectivity index (χ4v) is 3.76. The highest BCUT2D eigenvalue weighted by Gasteiger charge is 2.47. The van der Waals surface area contributed by atoms with Crippen molar-refractivity contribution in [3.63, 3.8) is 0 Å². The van der Waals surface area contributed by atoms with Gasteiger partial charge in [0.1, 0.15) is 6.61 Å². The molecule has 2 fully saturated rings. The van der Waals surface area contributed by atoms with Crippen molar-refractivity contribution in [2.75, 3.05) is 52.4 Å². The van der Waals surface area contributed by atoms with Gasteiger partial charge in [-0.25, -0.2) is 0 Å². The lowest BCUT2D eigenvalue weighted by Gasteiger charge is -2.32. The summed E-state index contributed by atoms with van der Waals surface area (Å²) < 4.78 is 5.46. The molecular formula is C21H34N4O2. The summed E-state index contributed by atoms with van der Waals surface area (Å²) >= 11 is 0. The standard InChI is InChI=1S/C21H34N4O2/c26-20(27-18-19-4-2-1-3-5-19)6-7-21(8-9-21)25-16-14-23-12-10-22-11-13-24-15-17-25/h1-5,22-24H,6-18H2. The third-order valence-electron chi connectivity index (χ3n) is 5.61. The van der Waals surface area contributed by atoms with E-state index in [0.717, 1.165) is 64.3 Å². The minimum Gasteiger partial charge on any atom is -0.461 e. The van der Waals surface area contributed by atoms with Crippen LogP contribution in [0.5, 0.6) is 0 Å². The number of hydrogen-bond donors (Lipinski definition) is 3. The molecule has 0 atom stereocenters. The van der Waals surface area contributed by atoms with Gasteiger partial charge >= 0.3 is 5.97 Å². The number of carbonyl (C=O) groups excluding carboxylic acids is 1. The molecule has 3 rings (SSSR count). The molecule has 6 heteroatoms. The Morgan fingerprint density at radius 1 is 0.926 bits per heavy atom. The van der Waals surface area contributed by atoms with Crippen LogP contribution in [0.1, 0.15) is 31.2 Å². The van der Waals surface area contributed by atoms with E-state index >= 15 is 0 Å². The molecule has 1 aliphatic heterocycles. The van der Waals surface area contributed by atoms with Crippen molar-refractivity contribution >= 4 is 5.97 Å². The summed E-state index contributed by atoms with van der Waals surface area (Å²) in [6, 6.07) is 9.89. The minimum atomic E-state index is -0.0817. The van der Waals surface area contributed by atoms with Crippen LogP contribution < -0.4 is 16.0 Å². The second kappa shape index (κ2) is 10.8. The molecule has 0 unspecified atom stereocenters. The van der Waals surface area contributed by atoms with Crippen molar-refractivity contribution < 1.29 is 9.53 Å². The molecule has 1 aromatic carbocycles. The largest absolute Gasteiger partial charge is 0.461 e. The lowest BCUT2D eigenvalue weighted by molar-refractivity contribution is -0.145. The first-order valence-corrected chi connectivity index (χ1v) is 10.4.